The molecule has 3 nitrogen and oxygen atoms in total. The second-order valence-corrected chi connectivity index (χ2v) is 3.90. The minimum Gasteiger partial charge on any atom is -0.372 e. The van der Waals surface area contributed by atoms with Gasteiger partial charge in [-0.05, 0) is 12.8 Å². The third-order valence-corrected chi connectivity index (χ3v) is 2.14. The first-order valence-corrected chi connectivity index (χ1v) is 5.96. The van der Waals surface area contributed by atoms with Crippen LogP contribution in [0.1, 0.15) is 25.7 Å². The van der Waals surface area contributed by atoms with Gasteiger partial charge in [-0.1, -0.05) is 6.42 Å². The predicted octanol–water partition coefficient (Wildman–Crippen LogP) is 2.48. The summed E-state index contributed by atoms with van der Waals surface area (Å²) in [7, 11) is 0. The third-order valence-electron chi connectivity index (χ3n) is 1.87. The maximum Gasteiger partial charge on any atom is 0.411 e. The number of rotatable bonds is 9. The summed E-state index contributed by atoms with van der Waals surface area (Å²) in [5.41, 5.74) is 0. The summed E-state index contributed by atoms with van der Waals surface area (Å²) in [6.45, 7) is -1.00. The van der Waals surface area contributed by atoms with Gasteiger partial charge in [-0.2, -0.15) is 13.2 Å². The Labute approximate surface area is 104 Å². The molecule has 0 aliphatic rings. The predicted molar refractivity (Wildman–Crippen MR) is 59.1 cm³/mol. The number of carbonyl (C=O) groups is 1. The molecular formula is C10H17ClF3NO2. The van der Waals surface area contributed by atoms with E-state index in [2.05, 4.69) is 10.1 Å². The Morgan fingerprint density at radius 1 is 1.24 bits per heavy atom. The molecule has 0 aromatic rings. The van der Waals surface area contributed by atoms with E-state index in [0.29, 0.717) is 12.4 Å². The van der Waals surface area contributed by atoms with Gasteiger partial charge in [0.25, 0.3) is 0 Å². The van der Waals surface area contributed by atoms with Crippen molar-refractivity contribution in [3.05, 3.63) is 0 Å². The summed E-state index contributed by atoms with van der Waals surface area (Å²) in [6.07, 6.45) is -1.74. The Hall–Kier alpha value is -0.490. The zero-order valence-electron chi connectivity index (χ0n) is 9.49. The molecule has 0 aliphatic heterocycles. The van der Waals surface area contributed by atoms with Gasteiger partial charge in [0.1, 0.15) is 6.61 Å². The molecule has 17 heavy (non-hydrogen) atoms. The first-order chi connectivity index (χ1) is 7.95. The Bertz CT molecular complexity index is 212. The minimum atomic E-state index is -4.34. The quantitative estimate of drug-likeness (QED) is 0.519. The Morgan fingerprint density at radius 2 is 1.94 bits per heavy atom. The van der Waals surface area contributed by atoms with Crippen LogP contribution in [0.4, 0.5) is 13.2 Å². The fourth-order valence-corrected chi connectivity index (χ4v) is 1.25. The Morgan fingerprint density at radius 3 is 2.53 bits per heavy atom. The number of alkyl halides is 4. The van der Waals surface area contributed by atoms with E-state index < -0.39 is 12.8 Å². The molecule has 0 bridgehead atoms. The normalized spacial score (nSPS) is 11.5. The fraction of sp³-hybridized carbons (Fsp3) is 0.900. The van der Waals surface area contributed by atoms with Crippen molar-refractivity contribution >= 4 is 17.5 Å². The molecule has 0 heterocycles. The molecule has 0 saturated carbocycles. The van der Waals surface area contributed by atoms with Crippen molar-refractivity contribution in [2.75, 3.05) is 25.6 Å². The van der Waals surface area contributed by atoms with Gasteiger partial charge in [-0.15, -0.1) is 11.6 Å². The molecule has 0 fully saturated rings. The average molecular weight is 276 g/mol. The summed E-state index contributed by atoms with van der Waals surface area (Å²) in [4.78, 5) is 11.1. The largest absolute Gasteiger partial charge is 0.411 e. The van der Waals surface area contributed by atoms with Crippen molar-refractivity contribution in [1.82, 2.24) is 5.32 Å². The zero-order chi connectivity index (χ0) is 13.1. The second-order valence-electron chi connectivity index (χ2n) is 3.52. The Balaban J connectivity index is 3.29. The van der Waals surface area contributed by atoms with Crippen LogP contribution in [0.2, 0.25) is 0 Å². The number of unbranched alkanes of at least 4 members (excludes halogenated alkanes) is 2. The SMILES string of the molecule is O=C(CCOCC(F)(F)F)NCCCCCCl. The molecule has 1 amide bonds. The van der Waals surface area contributed by atoms with Gasteiger partial charge in [0.15, 0.2) is 0 Å². The van der Waals surface area contributed by atoms with Crippen LogP contribution < -0.4 is 5.32 Å². The van der Waals surface area contributed by atoms with E-state index in [1.807, 2.05) is 0 Å². The van der Waals surface area contributed by atoms with Crippen LogP contribution in [-0.2, 0) is 9.53 Å². The molecule has 0 aliphatic carbocycles. The van der Waals surface area contributed by atoms with Crippen molar-refractivity contribution < 1.29 is 22.7 Å². The maximum absolute atomic E-state index is 11.7. The van der Waals surface area contributed by atoms with Crippen LogP contribution in [0.3, 0.4) is 0 Å². The fourth-order valence-electron chi connectivity index (χ4n) is 1.07. The van der Waals surface area contributed by atoms with Crippen molar-refractivity contribution in [3.8, 4) is 0 Å². The lowest BCUT2D eigenvalue weighted by Gasteiger charge is -2.08. The molecule has 0 rings (SSSR count). The summed E-state index contributed by atoms with van der Waals surface area (Å²) in [5, 5.41) is 2.60. The van der Waals surface area contributed by atoms with Gasteiger partial charge in [0, 0.05) is 18.8 Å². The van der Waals surface area contributed by atoms with Crippen molar-refractivity contribution in [1.29, 1.82) is 0 Å². The molecule has 7 heteroatoms. The summed E-state index contributed by atoms with van der Waals surface area (Å²) < 4.78 is 39.3. The molecule has 0 aromatic carbocycles. The highest BCUT2D eigenvalue weighted by Crippen LogP contribution is 2.14. The molecule has 0 radical (unpaired) electrons. The van der Waals surface area contributed by atoms with E-state index in [9.17, 15) is 18.0 Å². The second kappa shape index (κ2) is 9.53. The van der Waals surface area contributed by atoms with E-state index in [1.54, 1.807) is 0 Å². The molecule has 102 valence electrons. The lowest BCUT2D eigenvalue weighted by molar-refractivity contribution is -0.174. The molecule has 0 atom stereocenters. The van der Waals surface area contributed by atoms with Gasteiger partial charge in [0.05, 0.1) is 6.61 Å². The highest BCUT2D eigenvalue weighted by atomic mass is 35.5. The van der Waals surface area contributed by atoms with Crippen LogP contribution in [0.5, 0.6) is 0 Å². The van der Waals surface area contributed by atoms with Crippen LogP contribution >= 0.6 is 11.6 Å². The number of hydrogen-bond donors (Lipinski definition) is 1. The number of halogens is 4. The summed E-state index contributed by atoms with van der Waals surface area (Å²) >= 11 is 5.47. The van der Waals surface area contributed by atoms with Crippen molar-refractivity contribution in [3.63, 3.8) is 0 Å². The van der Waals surface area contributed by atoms with Gasteiger partial charge in [-0.25, -0.2) is 0 Å². The van der Waals surface area contributed by atoms with Crippen LogP contribution in [0.15, 0.2) is 0 Å². The minimum absolute atomic E-state index is 0.0500. The van der Waals surface area contributed by atoms with E-state index in [-0.39, 0.29) is 18.9 Å². The number of ether oxygens (including phenoxy) is 1. The van der Waals surface area contributed by atoms with E-state index in [4.69, 9.17) is 11.6 Å². The lowest BCUT2D eigenvalue weighted by Crippen LogP contribution is -2.26. The monoisotopic (exact) mass is 275 g/mol. The van der Waals surface area contributed by atoms with Crippen molar-refractivity contribution in [2.45, 2.75) is 31.9 Å². The number of hydrogen-bond acceptors (Lipinski definition) is 2. The molecule has 0 saturated heterocycles. The topological polar surface area (TPSA) is 38.3 Å². The highest BCUT2D eigenvalue weighted by molar-refractivity contribution is 6.17. The van der Waals surface area contributed by atoms with Gasteiger partial charge in [0.2, 0.25) is 5.91 Å². The van der Waals surface area contributed by atoms with E-state index in [0.717, 1.165) is 19.3 Å². The molecule has 0 unspecified atom stereocenters. The number of nitrogens with one attached hydrogen (secondary N) is 1. The van der Waals surface area contributed by atoms with Crippen LogP contribution in [0.25, 0.3) is 0 Å². The first-order valence-electron chi connectivity index (χ1n) is 5.43. The smallest absolute Gasteiger partial charge is 0.372 e. The number of carbonyl (C=O) groups excluding carboxylic acids is 1. The zero-order valence-corrected chi connectivity index (χ0v) is 10.2. The lowest BCUT2D eigenvalue weighted by atomic mass is 10.2. The van der Waals surface area contributed by atoms with E-state index in [1.165, 1.54) is 0 Å². The summed E-state index contributed by atoms with van der Waals surface area (Å²) in [6, 6.07) is 0. The van der Waals surface area contributed by atoms with Crippen LogP contribution in [0, 0.1) is 0 Å². The summed E-state index contributed by atoms with van der Waals surface area (Å²) in [5.74, 6) is 0.303. The molecule has 1 N–H and O–H groups in total. The van der Waals surface area contributed by atoms with Gasteiger partial charge < -0.3 is 10.1 Å². The van der Waals surface area contributed by atoms with Gasteiger partial charge in [-0.3, -0.25) is 4.79 Å². The van der Waals surface area contributed by atoms with Crippen LogP contribution in [-0.4, -0.2) is 37.7 Å². The third kappa shape index (κ3) is 13.4. The Kier molecular flexibility index (Phi) is 9.26. The van der Waals surface area contributed by atoms with Crippen molar-refractivity contribution in [2.24, 2.45) is 0 Å². The molecule has 0 aromatic heterocycles. The average Bonchev–Trinajstić information content (AvgIpc) is 2.23. The maximum atomic E-state index is 11.7. The first kappa shape index (κ1) is 16.5. The number of amides is 1. The van der Waals surface area contributed by atoms with Gasteiger partial charge >= 0.3 is 6.18 Å². The molecular weight excluding hydrogens is 259 g/mol. The highest BCUT2D eigenvalue weighted by Gasteiger charge is 2.27. The molecule has 0 spiro atoms. The van der Waals surface area contributed by atoms with E-state index >= 15 is 0 Å². The standard InChI is InChI=1S/C10H17ClF3NO2/c11-5-2-1-3-6-15-9(16)4-7-17-8-10(12,13)14/h1-8H2,(H,15,16).